The zero-order valence-corrected chi connectivity index (χ0v) is 14.4. The molecule has 7 nitrogen and oxygen atoms in total. The van der Waals surface area contributed by atoms with Gasteiger partial charge < -0.3 is 10.6 Å². The molecule has 0 fully saturated rings. The lowest BCUT2D eigenvalue weighted by Gasteiger charge is -2.06. The lowest BCUT2D eigenvalue weighted by Crippen LogP contribution is -2.30. The zero-order valence-electron chi connectivity index (χ0n) is 14.4. The number of benzene rings is 1. The van der Waals surface area contributed by atoms with E-state index in [4.69, 9.17) is 5.26 Å². The number of imidazole rings is 1. The number of nitriles is 1. The van der Waals surface area contributed by atoms with Crippen molar-refractivity contribution >= 4 is 23.0 Å². The molecule has 0 aliphatic rings. The number of pyridine rings is 1. The number of anilines is 1. The van der Waals surface area contributed by atoms with Crippen molar-refractivity contribution in [2.75, 3.05) is 5.32 Å². The fraction of sp³-hybridized carbons (Fsp3) is 0.158. The van der Waals surface area contributed by atoms with Gasteiger partial charge in [0.05, 0.1) is 17.1 Å². The molecule has 26 heavy (non-hydrogen) atoms. The second kappa shape index (κ2) is 7.07. The van der Waals surface area contributed by atoms with Crippen molar-refractivity contribution in [3.8, 4) is 6.07 Å². The topological polar surface area (TPSA) is 99.3 Å². The number of nitrogens with zero attached hydrogens (tertiary/aromatic N) is 3. The van der Waals surface area contributed by atoms with Gasteiger partial charge in [-0.1, -0.05) is 12.1 Å². The second-order valence-electron chi connectivity index (χ2n) is 6.01. The van der Waals surface area contributed by atoms with Gasteiger partial charge in [-0.05, 0) is 44.2 Å². The third kappa shape index (κ3) is 3.39. The first-order valence-electron chi connectivity index (χ1n) is 8.09. The molecule has 2 amide bonds. The second-order valence-corrected chi connectivity index (χ2v) is 6.01. The van der Waals surface area contributed by atoms with Crippen LogP contribution in [0.3, 0.4) is 0 Å². The van der Waals surface area contributed by atoms with Gasteiger partial charge in [0.2, 0.25) is 5.82 Å². The van der Waals surface area contributed by atoms with Crippen LogP contribution in [0.4, 0.5) is 5.69 Å². The molecule has 0 saturated carbocycles. The van der Waals surface area contributed by atoms with Gasteiger partial charge in [0.15, 0.2) is 5.69 Å². The molecule has 2 N–H and O–H groups in total. The van der Waals surface area contributed by atoms with E-state index in [1.54, 1.807) is 53.1 Å². The Labute approximate surface area is 150 Å². The van der Waals surface area contributed by atoms with Gasteiger partial charge in [0, 0.05) is 17.9 Å². The summed E-state index contributed by atoms with van der Waals surface area (Å²) in [6.07, 6.45) is 1.68. The van der Waals surface area contributed by atoms with Gasteiger partial charge in [-0.2, -0.15) is 5.26 Å². The number of hydrogen-bond donors (Lipinski definition) is 2. The maximum absolute atomic E-state index is 12.7. The molecule has 1 aromatic carbocycles. The molecule has 0 unspecified atom stereocenters. The highest BCUT2D eigenvalue weighted by Gasteiger charge is 2.21. The largest absolute Gasteiger partial charge is 0.348 e. The lowest BCUT2D eigenvalue weighted by atomic mass is 10.2. The van der Waals surface area contributed by atoms with Crippen molar-refractivity contribution in [1.82, 2.24) is 14.7 Å². The molecule has 0 radical (unpaired) electrons. The summed E-state index contributed by atoms with van der Waals surface area (Å²) < 4.78 is 1.57. The van der Waals surface area contributed by atoms with Crippen molar-refractivity contribution in [3.63, 3.8) is 0 Å². The van der Waals surface area contributed by atoms with E-state index in [1.807, 2.05) is 19.9 Å². The van der Waals surface area contributed by atoms with Crippen LogP contribution >= 0.6 is 0 Å². The summed E-state index contributed by atoms with van der Waals surface area (Å²) in [5.41, 5.74) is 1.65. The van der Waals surface area contributed by atoms with E-state index in [9.17, 15) is 9.59 Å². The van der Waals surface area contributed by atoms with Crippen LogP contribution in [0.2, 0.25) is 0 Å². The Kier molecular flexibility index (Phi) is 4.67. The Morgan fingerprint density at radius 3 is 2.69 bits per heavy atom. The van der Waals surface area contributed by atoms with Crippen LogP contribution in [-0.2, 0) is 0 Å². The number of fused-ring (bicyclic) bond motifs is 1. The minimum atomic E-state index is -0.468. The molecule has 3 aromatic rings. The summed E-state index contributed by atoms with van der Waals surface area (Å²) in [6.45, 7) is 3.71. The van der Waals surface area contributed by atoms with Crippen LogP contribution in [0.15, 0.2) is 48.7 Å². The van der Waals surface area contributed by atoms with E-state index >= 15 is 0 Å². The predicted molar refractivity (Wildman–Crippen MR) is 96.9 cm³/mol. The summed E-state index contributed by atoms with van der Waals surface area (Å²) in [4.78, 5) is 29.3. The molecule has 3 rings (SSSR count). The van der Waals surface area contributed by atoms with Crippen molar-refractivity contribution < 1.29 is 9.59 Å². The number of aromatic nitrogens is 2. The average Bonchev–Trinajstić information content (AvgIpc) is 3.01. The van der Waals surface area contributed by atoms with E-state index in [2.05, 4.69) is 15.6 Å². The highest BCUT2D eigenvalue weighted by Crippen LogP contribution is 2.16. The van der Waals surface area contributed by atoms with Gasteiger partial charge in [-0.3, -0.25) is 14.0 Å². The Bertz CT molecular complexity index is 1030. The van der Waals surface area contributed by atoms with Crippen LogP contribution in [0.25, 0.3) is 5.52 Å². The molecule has 0 spiro atoms. The molecule has 0 bridgehead atoms. The first-order chi connectivity index (χ1) is 12.5. The maximum atomic E-state index is 12.7. The Balaban J connectivity index is 1.98. The first kappa shape index (κ1) is 17.2. The van der Waals surface area contributed by atoms with E-state index in [0.29, 0.717) is 16.8 Å². The minimum absolute atomic E-state index is 0.0473. The van der Waals surface area contributed by atoms with Crippen LogP contribution in [0, 0.1) is 11.3 Å². The monoisotopic (exact) mass is 347 g/mol. The summed E-state index contributed by atoms with van der Waals surface area (Å²) in [5, 5.41) is 14.5. The number of carbonyl (C=O) groups excluding carboxylic acids is 2. The van der Waals surface area contributed by atoms with Crippen LogP contribution in [0.1, 0.15) is 40.5 Å². The summed E-state index contributed by atoms with van der Waals surface area (Å²) in [7, 11) is 0. The third-order valence-electron chi connectivity index (χ3n) is 3.64. The maximum Gasteiger partial charge on any atom is 0.292 e. The number of nitrogens with one attached hydrogen (secondary N) is 2. The molecule has 0 saturated heterocycles. The first-order valence-corrected chi connectivity index (χ1v) is 8.09. The zero-order chi connectivity index (χ0) is 18.7. The van der Waals surface area contributed by atoms with E-state index < -0.39 is 5.91 Å². The smallest absolute Gasteiger partial charge is 0.292 e. The summed E-state index contributed by atoms with van der Waals surface area (Å²) in [6, 6.07) is 13.8. The quantitative estimate of drug-likeness (QED) is 0.758. The van der Waals surface area contributed by atoms with Crippen molar-refractivity contribution in [3.05, 3.63) is 65.7 Å². The molecular formula is C19H17N5O2. The van der Waals surface area contributed by atoms with Crippen LogP contribution < -0.4 is 10.6 Å². The molecule has 0 aliphatic heterocycles. The summed E-state index contributed by atoms with van der Waals surface area (Å²) in [5.74, 6) is -0.712. The molecule has 0 aliphatic carbocycles. The minimum Gasteiger partial charge on any atom is -0.348 e. The molecule has 2 aromatic heterocycles. The lowest BCUT2D eigenvalue weighted by molar-refractivity contribution is 0.0940. The average molecular weight is 347 g/mol. The van der Waals surface area contributed by atoms with Crippen LogP contribution in [-0.4, -0.2) is 27.2 Å². The number of hydrogen-bond acceptors (Lipinski definition) is 4. The summed E-state index contributed by atoms with van der Waals surface area (Å²) >= 11 is 0. The standard InChI is InChI=1S/C19H17N5O2/c1-12(2)21-18(25)16-15-8-3-4-9-24(15)17(23-16)19(26)22-14-7-5-6-13(10-14)11-20/h3-10,12H,1-2H3,(H,21,25)(H,22,26). The van der Waals surface area contributed by atoms with Crippen molar-refractivity contribution in [2.45, 2.75) is 19.9 Å². The third-order valence-corrected chi connectivity index (χ3v) is 3.64. The molecule has 0 atom stereocenters. The van der Waals surface area contributed by atoms with Crippen molar-refractivity contribution in [2.24, 2.45) is 0 Å². The fourth-order valence-electron chi connectivity index (χ4n) is 2.55. The number of rotatable bonds is 4. The van der Waals surface area contributed by atoms with Crippen LogP contribution in [0.5, 0.6) is 0 Å². The normalized spacial score (nSPS) is 10.5. The van der Waals surface area contributed by atoms with Gasteiger partial charge in [0.25, 0.3) is 11.8 Å². The highest BCUT2D eigenvalue weighted by atomic mass is 16.2. The predicted octanol–water partition coefficient (Wildman–Crippen LogP) is 2.60. The molecule has 2 heterocycles. The highest BCUT2D eigenvalue weighted by molar-refractivity contribution is 6.06. The SMILES string of the molecule is CC(C)NC(=O)c1nc(C(=O)Nc2cccc(C#N)c2)n2ccccc12. The number of amides is 2. The molecular weight excluding hydrogens is 330 g/mol. The van der Waals surface area contributed by atoms with Gasteiger partial charge >= 0.3 is 0 Å². The fourth-order valence-corrected chi connectivity index (χ4v) is 2.55. The Morgan fingerprint density at radius 1 is 1.15 bits per heavy atom. The van der Waals surface area contributed by atoms with Crippen molar-refractivity contribution in [1.29, 1.82) is 5.26 Å². The van der Waals surface area contributed by atoms with Gasteiger partial charge in [-0.25, -0.2) is 4.98 Å². The van der Waals surface area contributed by atoms with E-state index in [1.165, 1.54) is 0 Å². The van der Waals surface area contributed by atoms with E-state index in [-0.39, 0.29) is 23.5 Å². The van der Waals surface area contributed by atoms with E-state index in [0.717, 1.165) is 0 Å². The number of carbonyl (C=O) groups is 2. The molecule has 130 valence electrons. The van der Waals surface area contributed by atoms with Gasteiger partial charge in [0.1, 0.15) is 0 Å². The van der Waals surface area contributed by atoms with Gasteiger partial charge in [-0.15, -0.1) is 0 Å². The Morgan fingerprint density at radius 2 is 1.96 bits per heavy atom. The Hall–Kier alpha value is -3.66. The molecule has 7 heteroatoms.